The average molecular weight is 257 g/mol. The molecular weight excluding hydrogens is 242 g/mol. The zero-order valence-corrected chi connectivity index (χ0v) is 10.3. The first-order valence-electron chi connectivity index (χ1n) is 6.00. The monoisotopic (exact) mass is 257 g/mol. The second-order valence-electron chi connectivity index (χ2n) is 4.28. The number of nitrogens with one attached hydrogen (secondary N) is 1. The number of rotatable bonds is 5. The minimum Gasteiger partial charge on any atom is -0.508 e. The van der Waals surface area contributed by atoms with Crippen LogP contribution in [0.25, 0.3) is 0 Å². The van der Waals surface area contributed by atoms with E-state index in [9.17, 15) is 4.79 Å². The number of phenolic OH excluding ortho intramolecular Hbond substituents is 1. The van der Waals surface area contributed by atoms with Crippen molar-refractivity contribution < 1.29 is 15.1 Å². The Morgan fingerprint density at radius 2 is 1.63 bits per heavy atom. The number of Topliss-reactive ketones (excluding diaryl/α,β-unsaturated/α-hetero) is 1. The van der Waals surface area contributed by atoms with Gasteiger partial charge in [0.05, 0.1) is 5.69 Å². The number of ketones is 1. The van der Waals surface area contributed by atoms with Crippen molar-refractivity contribution in [3.05, 3.63) is 59.7 Å². The van der Waals surface area contributed by atoms with Gasteiger partial charge in [-0.25, -0.2) is 0 Å². The van der Waals surface area contributed by atoms with Crippen LogP contribution in [0, 0.1) is 0 Å². The largest absolute Gasteiger partial charge is 0.508 e. The standard InChI is InChI=1S/C15H15NO3/c17-14-8-4-12(5-9-14)15(18)10-3-11-1-6-13(16-19)7-2-11/h1-2,4-9,16-17,19H,3,10H2. The molecule has 0 aliphatic rings. The van der Waals surface area contributed by atoms with Crippen LogP contribution in [0.15, 0.2) is 48.5 Å². The third kappa shape index (κ3) is 3.56. The van der Waals surface area contributed by atoms with Crippen LogP contribution < -0.4 is 5.48 Å². The van der Waals surface area contributed by atoms with E-state index in [2.05, 4.69) is 5.48 Å². The number of benzene rings is 2. The van der Waals surface area contributed by atoms with E-state index in [0.717, 1.165) is 5.56 Å². The summed E-state index contributed by atoms with van der Waals surface area (Å²) in [6.45, 7) is 0. The van der Waals surface area contributed by atoms with Gasteiger partial charge in [-0.2, -0.15) is 0 Å². The Morgan fingerprint density at radius 1 is 1.00 bits per heavy atom. The lowest BCUT2D eigenvalue weighted by Gasteiger charge is -2.03. The fraction of sp³-hybridized carbons (Fsp3) is 0.133. The first-order chi connectivity index (χ1) is 9.19. The molecular formula is C15H15NO3. The van der Waals surface area contributed by atoms with Crippen LogP contribution in [0.1, 0.15) is 22.3 Å². The molecule has 0 amide bonds. The third-order valence-electron chi connectivity index (χ3n) is 2.91. The summed E-state index contributed by atoms with van der Waals surface area (Å²) in [5.41, 5.74) is 4.32. The molecule has 4 nitrogen and oxygen atoms in total. The number of carbonyl (C=O) groups excluding carboxylic acids is 1. The van der Waals surface area contributed by atoms with Gasteiger partial charge in [0.1, 0.15) is 5.75 Å². The molecule has 2 aromatic rings. The smallest absolute Gasteiger partial charge is 0.163 e. The van der Waals surface area contributed by atoms with Crippen molar-refractivity contribution in [2.45, 2.75) is 12.8 Å². The summed E-state index contributed by atoms with van der Waals surface area (Å²) in [5.74, 6) is 0.202. The number of carbonyl (C=O) groups is 1. The minimum absolute atomic E-state index is 0.0457. The predicted molar refractivity (Wildman–Crippen MR) is 72.6 cm³/mol. The molecule has 0 heterocycles. The fourth-order valence-corrected chi connectivity index (χ4v) is 1.80. The Morgan fingerprint density at radius 3 is 2.21 bits per heavy atom. The third-order valence-corrected chi connectivity index (χ3v) is 2.91. The SMILES string of the molecule is O=C(CCc1ccc(NO)cc1)c1ccc(O)cc1. The van der Waals surface area contributed by atoms with Crippen molar-refractivity contribution in [1.82, 2.24) is 0 Å². The van der Waals surface area contributed by atoms with E-state index in [1.54, 1.807) is 24.3 Å². The molecule has 0 atom stereocenters. The molecule has 2 rings (SSSR count). The Bertz CT molecular complexity index is 547. The maximum absolute atomic E-state index is 11.9. The molecule has 2 aromatic carbocycles. The van der Waals surface area contributed by atoms with E-state index in [1.807, 2.05) is 12.1 Å². The molecule has 0 aliphatic carbocycles. The van der Waals surface area contributed by atoms with Crippen LogP contribution in [-0.4, -0.2) is 16.1 Å². The molecule has 98 valence electrons. The van der Waals surface area contributed by atoms with Crippen molar-refractivity contribution in [2.24, 2.45) is 0 Å². The van der Waals surface area contributed by atoms with Gasteiger partial charge in [0.2, 0.25) is 0 Å². The lowest BCUT2D eigenvalue weighted by molar-refractivity contribution is 0.0983. The van der Waals surface area contributed by atoms with E-state index in [1.165, 1.54) is 12.1 Å². The molecule has 0 unspecified atom stereocenters. The van der Waals surface area contributed by atoms with E-state index in [0.29, 0.717) is 24.1 Å². The van der Waals surface area contributed by atoms with Crippen LogP contribution >= 0.6 is 0 Å². The molecule has 0 aliphatic heterocycles. The van der Waals surface area contributed by atoms with Crippen LogP contribution in [0.2, 0.25) is 0 Å². The molecule has 0 radical (unpaired) electrons. The van der Waals surface area contributed by atoms with E-state index >= 15 is 0 Å². The van der Waals surface area contributed by atoms with Gasteiger partial charge in [-0.15, -0.1) is 0 Å². The second kappa shape index (κ2) is 6.02. The highest BCUT2D eigenvalue weighted by Gasteiger charge is 2.06. The molecule has 0 bridgehead atoms. The van der Waals surface area contributed by atoms with Gasteiger partial charge < -0.3 is 5.11 Å². The highest BCUT2D eigenvalue weighted by molar-refractivity contribution is 5.96. The number of hydrogen-bond donors (Lipinski definition) is 3. The van der Waals surface area contributed by atoms with Gasteiger partial charge >= 0.3 is 0 Å². The summed E-state index contributed by atoms with van der Waals surface area (Å²) >= 11 is 0. The molecule has 0 spiro atoms. The maximum atomic E-state index is 11.9. The Kier molecular flexibility index (Phi) is 4.15. The van der Waals surface area contributed by atoms with Gasteiger partial charge in [0.25, 0.3) is 0 Å². The zero-order chi connectivity index (χ0) is 13.7. The van der Waals surface area contributed by atoms with Crippen molar-refractivity contribution in [1.29, 1.82) is 0 Å². The lowest BCUT2D eigenvalue weighted by atomic mass is 10.0. The first kappa shape index (κ1) is 13.1. The summed E-state index contributed by atoms with van der Waals surface area (Å²) in [5, 5.41) is 17.9. The molecule has 19 heavy (non-hydrogen) atoms. The van der Waals surface area contributed by atoms with Crippen molar-refractivity contribution >= 4 is 11.5 Å². The molecule has 4 heteroatoms. The number of aromatic hydroxyl groups is 1. The number of aryl methyl sites for hydroxylation is 1. The summed E-state index contributed by atoms with van der Waals surface area (Å²) in [6.07, 6.45) is 1.06. The van der Waals surface area contributed by atoms with Gasteiger partial charge in [0, 0.05) is 12.0 Å². The molecule has 0 saturated heterocycles. The summed E-state index contributed by atoms with van der Waals surface area (Å²) in [4.78, 5) is 11.9. The quantitative estimate of drug-likeness (QED) is 0.569. The van der Waals surface area contributed by atoms with Gasteiger partial charge in [0.15, 0.2) is 5.78 Å². The Balaban J connectivity index is 1.94. The molecule has 3 N–H and O–H groups in total. The van der Waals surface area contributed by atoms with Gasteiger partial charge in [-0.05, 0) is 48.4 Å². The number of anilines is 1. The van der Waals surface area contributed by atoms with E-state index in [-0.39, 0.29) is 11.5 Å². The second-order valence-corrected chi connectivity index (χ2v) is 4.28. The average Bonchev–Trinajstić information content (AvgIpc) is 2.46. The first-order valence-corrected chi connectivity index (χ1v) is 6.00. The predicted octanol–water partition coefficient (Wildman–Crippen LogP) is 3.01. The van der Waals surface area contributed by atoms with Crippen LogP contribution in [-0.2, 0) is 6.42 Å². The van der Waals surface area contributed by atoms with E-state index < -0.39 is 0 Å². The number of hydrogen-bond acceptors (Lipinski definition) is 4. The summed E-state index contributed by atoms with van der Waals surface area (Å²) in [7, 11) is 0. The maximum Gasteiger partial charge on any atom is 0.163 e. The van der Waals surface area contributed by atoms with Crippen molar-refractivity contribution in [2.75, 3.05) is 5.48 Å². The summed E-state index contributed by atoms with van der Waals surface area (Å²) in [6, 6.07) is 13.5. The fourth-order valence-electron chi connectivity index (χ4n) is 1.80. The van der Waals surface area contributed by atoms with Crippen LogP contribution in [0.3, 0.4) is 0 Å². The lowest BCUT2D eigenvalue weighted by Crippen LogP contribution is -2.01. The zero-order valence-electron chi connectivity index (χ0n) is 10.3. The Hall–Kier alpha value is -2.33. The van der Waals surface area contributed by atoms with Gasteiger partial charge in [-0.1, -0.05) is 12.1 Å². The molecule has 0 saturated carbocycles. The van der Waals surface area contributed by atoms with Gasteiger partial charge in [-0.3, -0.25) is 15.5 Å². The summed E-state index contributed by atoms with van der Waals surface area (Å²) < 4.78 is 0. The van der Waals surface area contributed by atoms with Crippen molar-refractivity contribution in [3.63, 3.8) is 0 Å². The topological polar surface area (TPSA) is 69.6 Å². The van der Waals surface area contributed by atoms with Crippen molar-refractivity contribution in [3.8, 4) is 5.75 Å². The number of phenols is 1. The minimum atomic E-state index is 0.0457. The van der Waals surface area contributed by atoms with Crippen LogP contribution in [0.4, 0.5) is 5.69 Å². The van der Waals surface area contributed by atoms with Crippen LogP contribution in [0.5, 0.6) is 5.75 Å². The molecule has 0 aromatic heterocycles. The van der Waals surface area contributed by atoms with E-state index in [4.69, 9.17) is 10.3 Å². The highest BCUT2D eigenvalue weighted by atomic mass is 16.5. The molecule has 0 fully saturated rings. The Labute approximate surface area is 111 Å². The normalized spacial score (nSPS) is 10.2. The highest BCUT2D eigenvalue weighted by Crippen LogP contribution is 2.14.